The first-order valence-corrected chi connectivity index (χ1v) is 7.04. The minimum absolute atomic E-state index is 0.0100. The van der Waals surface area contributed by atoms with Crippen LogP contribution in [0.4, 0.5) is 4.39 Å². The zero-order valence-corrected chi connectivity index (χ0v) is 12.1. The number of carbonyl (C=O) groups is 1. The molecule has 1 aromatic carbocycles. The molecule has 3 rings (SSSR count). The molecule has 108 valence electrons. The molecule has 2 aliphatic rings. The second-order valence-electron chi connectivity index (χ2n) is 4.82. The number of alkyl halides is 1. The smallest absolute Gasteiger partial charge is 0.254 e. The van der Waals surface area contributed by atoms with Crippen LogP contribution in [0.1, 0.15) is 16.8 Å². The van der Waals surface area contributed by atoms with E-state index < -0.39 is 12.2 Å². The topological polar surface area (TPSA) is 59.0 Å². The third kappa shape index (κ3) is 2.25. The molecule has 2 heterocycles. The van der Waals surface area contributed by atoms with Gasteiger partial charge in [0.2, 0.25) is 6.79 Å². The van der Waals surface area contributed by atoms with Gasteiger partial charge in [-0.05, 0) is 28.1 Å². The van der Waals surface area contributed by atoms with Gasteiger partial charge in [-0.25, -0.2) is 4.39 Å². The van der Waals surface area contributed by atoms with Crippen molar-refractivity contribution in [3.05, 3.63) is 22.2 Å². The number of hydrogen-bond donors (Lipinski definition) is 1. The van der Waals surface area contributed by atoms with E-state index >= 15 is 0 Å². The Hall–Kier alpha value is -1.34. The van der Waals surface area contributed by atoms with Gasteiger partial charge in [-0.3, -0.25) is 4.79 Å². The van der Waals surface area contributed by atoms with Crippen molar-refractivity contribution >= 4 is 21.8 Å². The van der Waals surface area contributed by atoms with Gasteiger partial charge >= 0.3 is 0 Å². The van der Waals surface area contributed by atoms with Crippen LogP contribution in [-0.4, -0.2) is 48.1 Å². The number of benzene rings is 1. The average molecular weight is 346 g/mol. The molecule has 1 amide bonds. The number of aliphatic hydroxyl groups excluding tert-OH is 1. The standard InChI is InChI=1S/C13H13BrFNO4/c14-10-1-7(2-11-12(10)20-6-19-11)13(18)16-4-8(15)3-9(16)5-17/h1-2,8-9,17H,3-6H2/t8-,9-/m0/s1. The van der Waals surface area contributed by atoms with Crippen molar-refractivity contribution in [1.82, 2.24) is 4.90 Å². The lowest BCUT2D eigenvalue weighted by atomic mass is 10.1. The molecular formula is C13H13BrFNO4. The molecule has 0 radical (unpaired) electrons. The molecule has 1 aromatic rings. The first kappa shape index (κ1) is 13.6. The Bertz CT molecular complexity index is 553. The second-order valence-corrected chi connectivity index (χ2v) is 5.67. The molecule has 2 aliphatic heterocycles. The summed E-state index contributed by atoms with van der Waals surface area (Å²) in [6.45, 7) is -0.116. The molecular weight excluding hydrogens is 333 g/mol. The Morgan fingerprint density at radius 3 is 3.05 bits per heavy atom. The molecule has 2 atom stereocenters. The molecule has 7 heteroatoms. The fourth-order valence-electron chi connectivity index (χ4n) is 2.54. The summed E-state index contributed by atoms with van der Waals surface area (Å²) in [5.74, 6) is 0.729. The second kappa shape index (κ2) is 5.21. The predicted octanol–water partition coefficient (Wildman–Crippen LogP) is 1.72. The van der Waals surface area contributed by atoms with Gasteiger partial charge in [0.1, 0.15) is 6.17 Å². The Morgan fingerprint density at radius 2 is 2.30 bits per heavy atom. The van der Waals surface area contributed by atoms with E-state index in [4.69, 9.17) is 9.47 Å². The summed E-state index contributed by atoms with van der Waals surface area (Å²) in [7, 11) is 0. The van der Waals surface area contributed by atoms with E-state index in [0.29, 0.717) is 21.5 Å². The zero-order valence-electron chi connectivity index (χ0n) is 10.5. The number of nitrogens with zero attached hydrogens (tertiary/aromatic N) is 1. The minimum atomic E-state index is -1.09. The number of halogens is 2. The Kier molecular flexibility index (Phi) is 3.55. The maximum absolute atomic E-state index is 13.4. The van der Waals surface area contributed by atoms with Gasteiger partial charge in [0, 0.05) is 12.0 Å². The van der Waals surface area contributed by atoms with Crippen LogP contribution in [0.25, 0.3) is 0 Å². The van der Waals surface area contributed by atoms with E-state index in [1.54, 1.807) is 12.1 Å². The fourth-order valence-corrected chi connectivity index (χ4v) is 3.09. The molecule has 0 aromatic heterocycles. The lowest BCUT2D eigenvalue weighted by molar-refractivity contribution is 0.0672. The maximum atomic E-state index is 13.4. The highest BCUT2D eigenvalue weighted by molar-refractivity contribution is 9.10. The van der Waals surface area contributed by atoms with Gasteiger partial charge in [-0.2, -0.15) is 0 Å². The van der Waals surface area contributed by atoms with Crippen LogP contribution in [0.2, 0.25) is 0 Å². The van der Waals surface area contributed by atoms with Gasteiger partial charge in [-0.1, -0.05) is 0 Å². The number of likely N-dealkylation sites (tertiary alicyclic amines) is 1. The van der Waals surface area contributed by atoms with Crippen LogP contribution in [0, 0.1) is 0 Å². The molecule has 20 heavy (non-hydrogen) atoms. The van der Waals surface area contributed by atoms with E-state index in [1.165, 1.54) is 4.90 Å². The normalized spacial score (nSPS) is 24.2. The number of carbonyl (C=O) groups excluding carboxylic acids is 1. The van der Waals surface area contributed by atoms with Gasteiger partial charge in [0.15, 0.2) is 11.5 Å². The number of rotatable bonds is 2. The number of amides is 1. The van der Waals surface area contributed by atoms with Gasteiger partial charge in [-0.15, -0.1) is 0 Å². The summed E-state index contributed by atoms with van der Waals surface area (Å²) >= 11 is 3.32. The summed E-state index contributed by atoms with van der Waals surface area (Å²) in [6.07, 6.45) is -0.915. The van der Waals surface area contributed by atoms with Crippen LogP contribution in [-0.2, 0) is 0 Å². The van der Waals surface area contributed by atoms with Crippen molar-refractivity contribution in [3.63, 3.8) is 0 Å². The van der Waals surface area contributed by atoms with E-state index in [1.807, 2.05) is 0 Å². The molecule has 0 bridgehead atoms. The van der Waals surface area contributed by atoms with Crippen LogP contribution in [0.3, 0.4) is 0 Å². The van der Waals surface area contributed by atoms with Crippen molar-refractivity contribution in [3.8, 4) is 11.5 Å². The quantitative estimate of drug-likeness (QED) is 0.886. The van der Waals surface area contributed by atoms with Crippen molar-refractivity contribution in [2.45, 2.75) is 18.6 Å². The molecule has 0 unspecified atom stereocenters. The van der Waals surface area contributed by atoms with Crippen LogP contribution < -0.4 is 9.47 Å². The first-order valence-electron chi connectivity index (χ1n) is 6.25. The SMILES string of the molecule is O=C(c1cc(Br)c2c(c1)OCO2)N1C[C@@H](F)C[C@H]1CO. The van der Waals surface area contributed by atoms with E-state index in [9.17, 15) is 14.3 Å². The lowest BCUT2D eigenvalue weighted by Gasteiger charge is -2.22. The molecule has 1 fully saturated rings. The highest BCUT2D eigenvalue weighted by Gasteiger charge is 2.36. The highest BCUT2D eigenvalue weighted by atomic mass is 79.9. The van der Waals surface area contributed by atoms with Gasteiger partial charge in [0.05, 0.1) is 23.7 Å². The van der Waals surface area contributed by atoms with Gasteiger partial charge < -0.3 is 19.5 Å². The lowest BCUT2D eigenvalue weighted by Crippen LogP contribution is -2.37. The maximum Gasteiger partial charge on any atom is 0.254 e. The zero-order chi connectivity index (χ0) is 14.3. The van der Waals surface area contributed by atoms with Crippen molar-refractivity contribution < 1.29 is 23.8 Å². The van der Waals surface area contributed by atoms with Crippen molar-refractivity contribution in [2.24, 2.45) is 0 Å². The average Bonchev–Trinajstić information content (AvgIpc) is 3.03. The summed E-state index contributed by atoms with van der Waals surface area (Å²) < 4.78 is 24.6. The Balaban J connectivity index is 1.89. The Morgan fingerprint density at radius 1 is 1.50 bits per heavy atom. The molecule has 1 saturated heterocycles. The molecule has 0 aliphatic carbocycles. The highest BCUT2D eigenvalue weighted by Crippen LogP contribution is 2.40. The van der Waals surface area contributed by atoms with E-state index in [-0.39, 0.29) is 32.3 Å². The number of ether oxygens (including phenoxy) is 2. The predicted molar refractivity (Wildman–Crippen MR) is 71.7 cm³/mol. The molecule has 5 nitrogen and oxygen atoms in total. The number of hydrogen-bond acceptors (Lipinski definition) is 4. The van der Waals surface area contributed by atoms with Crippen molar-refractivity contribution in [1.29, 1.82) is 0 Å². The third-order valence-electron chi connectivity index (χ3n) is 3.51. The van der Waals surface area contributed by atoms with Crippen LogP contribution in [0.5, 0.6) is 11.5 Å². The minimum Gasteiger partial charge on any atom is -0.454 e. The van der Waals surface area contributed by atoms with Gasteiger partial charge in [0.25, 0.3) is 5.91 Å². The Labute approximate surface area is 123 Å². The number of aliphatic hydroxyl groups is 1. The summed E-state index contributed by atoms with van der Waals surface area (Å²) in [6, 6.07) is 2.73. The fraction of sp³-hybridized carbons (Fsp3) is 0.462. The number of fused-ring (bicyclic) bond motifs is 1. The first-order chi connectivity index (χ1) is 9.60. The van der Waals surface area contributed by atoms with E-state index in [0.717, 1.165) is 0 Å². The van der Waals surface area contributed by atoms with Crippen LogP contribution in [0.15, 0.2) is 16.6 Å². The summed E-state index contributed by atoms with van der Waals surface area (Å²) in [5.41, 5.74) is 0.383. The van der Waals surface area contributed by atoms with Crippen molar-refractivity contribution in [2.75, 3.05) is 19.9 Å². The molecule has 0 spiro atoms. The monoisotopic (exact) mass is 345 g/mol. The molecule has 0 saturated carbocycles. The van der Waals surface area contributed by atoms with E-state index in [2.05, 4.69) is 15.9 Å². The third-order valence-corrected chi connectivity index (χ3v) is 4.10. The largest absolute Gasteiger partial charge is 0.454 e. The summed E-state index contributed by atoms with van der Waals surface area (Å²) in [5, 5.41) is 9.24. The molecule has 1 N–H and O–H groups in total. The van der Waals surface area contributed by atoms with Crippen LogP contribution >= 0.6 is 15.9 Å². The summed E-state index contributed by atoms with van der Waals surface area (Å²) in [4.78, 5) is 13.8.